The molecule has 0 aliphatic carbocycles. The predicted molar refractivity (Wildman–Crippen MR) is 90.4 cm³/mol. The standard InChI is InChI=1S/C15H15IN4/c1-2-7-20-9-12(13-5-6-18-15(17)19-13)11-4-3-10(16)8-14(11)20/h3-6,8-9H,2,7H2,1H3,(H2,17,18,19). The van der Waals surface area contributed by atoms with Gasteiger partial charge in [0.1, 0.15) is 0 Å². The average Bonchev–Trinajstić information content (AvgIpc) is 2.78. The summed E-state index contributed by atoms with van der Waals surface area (Å²) in [4.78, 5) is 8.30. The van der Waals surface area contributed by atoms with Gasteiger partial charge in [-0.1, -0.05) is 13.0 Å². The molecule has 4 nitrogen and oxygen atoms in total. The Kier molecular flexibility index (Phi) is 3.60. The van der Waals surface area contributed by atoms with Gasteiger partial charge in [-0.2, -0.15) is 0 Å². The lowest BCUT2D eigenvalue weighted by Crippen LogP contribution is -1.95. The normalized spacial score (nSPS) is 11.1. The van der Waals surface area contributed by atoms with Crippen molar-refractivity contribution in [1.29, 1.82) is 0 Å². The third-order valence-electron chi connectivity index (χ3n) is 3.26. The Labute approximate surface area is 131 Å². The summed E-state index contributed by atoms with van der Waals surface area (Å²) in [5.41, 5.74) is 8.92. The van der Waals surface area contributed by atoms with Crippen LogP contribution in [0.15, 0.2) is 36.7 Å². The molecule has 1 aromatic carbocycles. The van der Waals surface area contributed by atoms with Crippen LogP contribution < -0.4 is 5.73 Å². The first kappa shape index (κ1) is 13.4. The van der Waals surface area contributed by atoms with E-state index in [4.69, 9.17) is 5.73 Å². The first-order valence-electron chi connectivity index (χ1n) is 6.56. The molecule has 0 fully saturated rings. The van der Waals surface area contributed by atoms with Gasteiger partial charge >= 0.3 is 0 Å². The van der Waals surface area contributed by atoms with Crippen LogP contribution in [-0.4, -0.2) is 14.5 Å². The highest BCUT2D eigenvalue weighted by atomic mass is 127. The van der Waals surface area contributed by atoms with Gasteiger partial charge in [-0.05, 0) is 47.2 Å². The first-order chi connectivity index (χ1) is 9.69. The van der Waals surface area contributed by atoms with Gasteiger partial charge in [-0.3, -0.25) is 0 Å². The molecule has 0 aliphatic rings. The van der Waals surface area contributed by atoms with Crippen molar-refractivity contribution in [2.75, 3.05) is 5.73 Å². The topological polar surface area (TPSA) is 56.7 Å². The number of nitrogens with two attached hydrogens (primary N) is 1. The molecule has 0 atom stereocenters. The van der Waals surface area contributed by atoms with Gasteiger partial charge in [-0.15, -0.1) is 0 Å². The SMILES string of the molecule is CCCn1cc(-c2ccnc(N)n2)c2ccc(I)cc21. The zero-order valence-electron chi connectivity index (χ0n) is 11.2. The van der Waals surface area contributed by atoms with Crippen LogP contribution in [0.2, 0.25) is 0 Å². The molecular weight excluding hydrogens is 363 g/mol. The minimum Gasteiger partial charge on any atom is -0.368 e. The fourth-order valence-electron chi connectivity index (χ4n) is 2.42. The van der Waals surface area contributed by atoms with E-state index in [1.54, 1.807) is 6.20 Å². The summed E-state index contributed by atoms with van der Waals surface area (Å²) in [7, 11) is 0. The molecular formula is C15H15IN4. The number of halogens is 1. The Morgan fingerprint density at radius 1 is 1.30 bits per heavy atom. The van der Waals surface area contributed by atoms with Crippen molar-refractivity contribution in [3.8, 4) is 11.3 Å². The van der Waals surface area contributed by atoms with Crippen LogP contribution in [0.1, 0.15) is 13.3 Å². The summed E-state index contributed by atoms with van der Waals surface area (Å²) in [6, 6.07) is 8.38. The second-order valence-corrected chi connectivity index (χ2v) is 5.94. The monoisotopic (exact) mass is 378 g/mol. The van der Waals surface area contributed by atoms with E-state index >= 15 is 0 Å². The van der Waals surface area contributed by atoms with Crippen LogP contribution in [0.5, 0.6) is 0 Å². The summed E-state index contributed by atoms with van der Waals surface area (Å²) in [5, 5.41) is 1.21. The quantitative estimate of drug-likeness (QED) is 0.708. The number of aromatic nitrogens is 3. The molecule has 0 bridgehead atoms. The molecule has 2 aromatic heterocycles. The van der Waals surface area contributed by atoms with E-state index in [2.05, 4.69) is 68.4 Å². The number of nitrogen functional groups attached to an aromatic ring is 1. The number of benzene rings is 1. The van der Waals surface area contributed by atoms with Gasteiger partial charge < -0.3 is 10.3 Å². The number of rotatable bonds is 3. The number of nitrogens with zero attached hydrogens (tertiary/aromatic N) is 3. The zero-order valence-corrected chi connectivity index (χ0v) is 13.3. The Bertz CT molecular complexity index is 764. The van der Waals surface area contributed by atoms with E-state index in [1.807, 2.05) is 6.07 Å². The van der Waals surface area contributed by atoms with Gasteiger partial charge in [0.05, 0.1) is 5.69 Å². The lowest BCUT2D eigenvalue weighted by Gasteiger charge is -2.02. The first-order valence-corrected chi connectivity index (χ1v) is 7.64. The lowest BCUT2D eigenvalue weighted by molar-refractivity contribution is 0.704. The van der Waals surface area contributed by atoms with Gasteiger partial charge in [0.25, 0.3) is 0 Å². The third kappa shape index (κ3) is 2.37. The fourth-order valence-corrected chi connectivity index (χ4v) is 2.89. The second kappa shape index (κ2) is 5.40. The van der Waals surface area contributed by atoms with Gasteiger partial charge in [0.2, 0.25) is 5.95 Å². The molecule has 2 heterocycles. The molecule has 0 spiro atoms. The number of hydrogen-bond acceptors (Lipinski definition) is 3. The van der Waals surface area contributed by atoms with Gasteiger partial charge in [0.15, 0.2) is 0 Å². The number of anilines is 1. The highest BCUT2D eigenvalue weighted by molar-refractivity contribution is 14.1. The van der Waals surface area contributed by atoms with E-state index in [0.717, 1.165) is 24.2 Å². The lowest BCUT2D eigenvalue weighted by atomic mass is 10.1. The molecule has 3 aromatic rings. The average molecular weight is 378 g/mol. The van der Waals surface area contributed by atoms with E-state index in [9.17, 15) is 0 Å². The van der Waals surface area contributed by atoms with Crippen LogP contribution in [-0.2, 0) is 6.54 Å². The van der Waals surface area contributed by atoms with E-state index in [-0.39, 0.29) is 0 Å². The molecule has 0 saturated heterocycles. The highest BCUT2D eigenvalue weighted by Gasteiger charge is 2.11. The summed E-state index contributed by atoms with van der Waals surface area (Å²) in [6.45, 7) is 3.18. The number of aryl methyl sites for hydroxylation is 1. The largest absolute Gasteiger partial charge is 0.368 e. The number of fused-ring (bicyclic) bond motifs is 1. The number of hydrogen-bond donors (Lipinski definition) is 1. The maximum atomic E-state index is 5.70. The van der Waals surface area contributed by atoms with E-state index in [0.29, 0.717) is 5.95 Å². The molecule has 0 amide bonds. The predicted octanol–water partition coefficient (Wildman–Crippen LogP) is 3.70. The molecule has 0 unspecified atom stereocenters. The molecule has 0 radical (unpaired) electrons. The summed E-state index contributed by atoms with van der Waals surface area (Å²) < 4.78 is 3.52. The van der Waals surface area contributed by atoms with Gasteiger partial charge in [0, 0.05) is 39.0 Å². The molecule has 5 heteroatoms. The molecule has 20 heavy (non-hydrogen) atoms. The van der Waals surface area contributed by atoms with Gasteiger partial charge in [-0.25, -0.2) is 9.97 Å². The zero-order chi connectivity index (χ0) is 14.1. The Morgan fingerprint density at radius 3 is 2.90 bits per heavy atom. The van der Waals surface area contributed by atoms with E-state index < -0.39 is 0 Å². The smallest absolute Gasteiger partial charge is 0.220 e. The summed E-state index contributed by atoms with van der Waals surface area (Å²) in [5.74, 6) is 0.310. The van der Waals surface area contributed by atoms with Crippen molar-refractivity contribution >= 4 is 39.4 Å². The Balaban J connectivity index is 2.25. The van der Waals surface area contributed by atoms with Crippen molar-refractivity contribution in [2.45, 2.75) is 19.9 Å². The summed E-state index contributed by atoms with van der Waals surface area (Å²) >= 11 is 2.34. The Morgan fingerprint density at radius 2 is 2.15 bits per heavy atom. The van der Waals surface area contributed by atoms with Crippen molar-refractivity contribution in [3.63, 3.8) is 0 Å². The summed E-state index contributed by atoms with van der Waals surface area (Å²) in [6.07, 6.45) is 4.96. The Hall–Kier alpha value is -1.63. The minimum atomic E-state index is 0.310. The van der Waals surface area contributed by atoms with Crippen LogP contribution in [0, 0.1) is 3.57 Å². The minimum absolute atomic E-state index is 0.310. The van der Waals surface area contributed by atoms with Crippen LogP contribution in [0.4, 0.5) is 5.95 Å². The van der Waals surface area contributed by atoms with Crippen molar-refractivity contribution in [3.05, 3.63) is 40.2 Å². The van der Waals surface area contributed by atoms with Crippen molar-refractivity contribution < 1.29 is 0 Å². The van der Waals surface area contributed by atoms with E-state index in [1.165, 1.54) is 14.5 Å². The molecule has 2 N–H and O–H groups in total. The highest BCUT2D eigenvalue weighted by Crippen LogP contribution is 2.30. The van der Waals surface area contributed by atoms with Crippen LogP contribution in [0.25, 0.3) is 22.2 Å². The molecule has 3 rings (SSSR count). The maximum Gasteiger partial charge on any atom is 0.220 e. The van der Waals surface area contributed by atoms with Crippen molar-refractivity contribution in [2.24, 2.45) is 0 Å². The van der Waals surface area contributed by atoms with Crippen molar-refractivity contribution in [1.82, 2.24) is 14.5 Å². The van der Waals surface area contributed by atoms with Crippen LogP contribution in [0.3, 0.4) is 0 Å². The second-order valence-electron chi connectivity index (χ2n) is 4.70. The third-order valence-corrected chi connectivity index (χ3v) is 3.93. The van der Waals surface area contributed by atoms with Crippen LogP contribution >= 0.6 is 22.6 Å². The maximum absolute atomic E-state index is 5.70. The molecule has 0 aliphatic heterocycles. The fraction of sp³-hybridized carbons (Fsp3) is 0.200. The molecule has 0 saturated carbocycles. The molecule has 102 valence electrons.